The molecule has 2 aromatic rings. The van der Waals surface area contributed by atoms with Crippen LogP contribution in [0.15, 0.2) is 47.5 Å². The maximum atomic E-state index is 6.28. The van der Waals surface area contributed by atoms with Crippen LogP contribution in [0.25, 0.3) is 11.8 Å². The average molecular weight is 404 g/mol. The lowest BCUT2D eigenvalue weighted by molar-refractivity contribution is 0.324. The Kier molecular flexibility index (Phi) is 6.09. The summed E-state index contributed by atoms with van der Waals surface area (Å²) in [5, 5.41) is 1.19. The summed E-state index contributed by atoms with van der Waals surface area (Å²) in [5.41, 5.74) is 3.51. The summed E-state index contributed by atoms with van der Waals surface area (Å²) in [6.07, 6.45) is 6.66. The molecule has 1 aliphatic rings. The van der Waals surface area contributed by atoms with E-state index in [-0.39, 0.29) is 0 Å². The summed E-state index contributed by atoms with van der Waals surface area (Å²) < 4.78 is 16.2. The molecule has 1 heterocycles. The molecular weight excluding hydrogens is 385 g/mol. The van der Waals surface area contributed by atoms with Crippen LogP contribution >= 0.6 is 23.2 Å². The summed E-state index contributed by atoms with van der Waals surface area (Å²) in [7, 11) is 4.78. The molecule has 4 nitrogen and oxygen atoms in total. The quantitative estimate of drug-likeness (QED) is 0.600. The van der Waals surface area contributed by atoms with Crippen molar-refractivity contribution in [1.82, 2.24) is 0 Å². The highest BCUT2D eigenvalue weighted by Crippen LogP contribution is 2.40. The second-order valence-corrected chi connectivity index (χ2v) is 6.62. The first-order valence-electron chi connectivity index (χ1n) is 8.27. The van der Waals surface area contributed by atoms with Gasteiger partial charge in [0.25, 0.3) is 0 Å². The molecule has 0 spiro atoms. The summed E-state index contributed by atoms with van der Waals surface area (Å²) in [6, 6.07) is 9.16. The Morgan fingerprint density at radius 1 is 0.926 bits per heavy atom. The fourth-order valence-corrected chi connectivity index (χ4v) is 3.37. The average Bonchev–Trinajstić information content (AvgIpc) is 3.13. The smallest absolute Gasteiger partial charge is 0.203 e. The first kappa shape index (κ1) is 19.3. The van der Waals surface area contributed by atoms with Gasteiger partial charge in [0, 0.05) is 28.3 Å². The van der Waals surface area contributed by atoms with Gasteiger partial charge in [0.15, 0.2) is 11.5 Å². The molecule has 0 amide bonds. The molecule has 0 bridgehead atoms. The Balaban J connectivity index is 1.85. The zero-order valence-electron chi connectivity index (χ0n) is 15.3. The third-order valence-corrected chi connectivity index (χ3v) is 4.71. The first-order chi connectivity index (χ1) is 13.1. The van der Waals surface area contributed by atoms with Crippen molar-refractivity contribution < 1.29 is 14.2 Å². The van der Waals surface area contributed by atoms with Gasteiger partial charge in [-0.3, -0.25) is 4.99 Å². The number of allylic oxidation sites excluding steroid dienone is 2. The van der Waals surface area contributed by atoms with Crippen LogP contribution in [0, 0.1) is 0 Å². The number of halogens is 2. The van der Waals surface area contributed by atoms with E-state index in [1.54, 1.807) is 27.4 Å². The van der Waals surface area contributed by atoms with Crippen molar-refractivity contribution in [1.29, 1.82) is 0 Å². The van der Waals surface area contributed by atoms with Gasteiger partial charge in [-0.2, -0.15) is 0 Å². The molecule has 140 valence electrons. The first-order valence-corrected chi connectivity index (χ1v) is 9.03. The van der Waals surface area contributed by atoms with E-state index < -0.39 is 0 Å². The molecule has 0 radical (unpaired) electrons. The van der Waals surface area contributed by atoms with Crippen LogP contribution in [-0.2, 0) is 0 Å². The number of hydrogen-bond acceptors (Lipinski definition) is 4. The van der Waals surface area contributed by atoms with Gasteiger partial charge in [-0.05, 0) is 42.5 Å². The molecule has 0 saturated heterocycles. The van der Waals surface area contributed by atoms with Gasteiger partial charge < -0.3 is 14.2 Å². The molecule has 0 aliphatic carbocycles. The monoisotopic (exact) mass is 403 g/mol. The Bertz CT molecular complexity index is 949. The summed E-state index contributed by atoms with van der Waals surface area (Å²) in [5.74, 6) is 1.79. The second-order valence-electron chi connectivity index (χ2n) is 5.78. The van der Waals surface area contributed by atoms with Crippen molar-refractivity contribution in [2.24, 2.45) is 4.99 Å². The van der Waals surface area contributed by atoms with Gasteiger partial charge in [-0.15, -0.1) is 0 Å². The van der Waals surface area contributed by atoms with E-state index in [0.717, 1.165) is 29.0 Å². The van der Waals surface area contributed by atoms with Gasteiger partial charge in [-0.25, -0.2) is 0 Å². The molecular formula is C21H19Cl2NO3. The standard InChI is InChI=1S/C21H19Cl2NO3/c1-25-19-11-5-13(20(26-2)21(19)27-3)4-7-15-8-10-18(24-15)16-9-6-14(22)12-17(16)23/h4-7,9-12H,8H2,1-3H3/b7-4+. The number of rotatable bonds is 6. The highest BCUT2D eigenvalue weighted by molar-refractivity contribution is 6.35. The van der Waals surface area contributed by atoms with Gasteiger partial charge in [0.1, 0.15) is 0 Å². The predicted molar refractivity (Wildman–Crippen MR) is 112 cm³/mol. The lowest BCUT2D eigenvalue weighted by Gasteiger charge is -2.13. The topological polar surface area (TPSA) is 40.0 Å². The Hall–Kier alpha value is -2.43. The van der Waals surface area contributed by atoms with Crippen molar-refractivity contribution in [3.8, 4) is 17.2 Å². The molecule has 6 heteroatoms. The number of nitrogens with zero attached hydrogens (tertiary/aromatic N) is 1. The van der Waals surface area contributed by atoms with Crippen molar-refractivity contribution in [2.45, 2.75) is 6.42 Å². The van der Waals surface area contributed by atoms with Gasteiger partial charge in [-0.1, -0.05) is 29.3 Å². The number of ether oxygens (including phenoxy) is 3. The molecule has 1 aliphatic heterocycles. The number of methoxy groups -OCH3 is 3. The van der Waals surface area contributed by atoms with Crippen LogP contribution in [0.1, 0.15) is 17.5 Å². The van der Waals surface area contributed by atoms with Crippen LogP contribution in [0.5, 0.6) is 17.2 Å². The zero-order chi connectivity index (χ0) is 19.4. The molecule has 0 saturated carbocycles. The van der Waals surface area contributed by atoms with Crippen LogP contribution in [0.4, 0.5) is 0 Å². The van der Waals surface area contributed by atoms with Crippen LogP contribution in [0.3, 0.4) is 0 Å². The minimum atomic E-state index is 0.558. The fourth-order valence-electron chi connectivity index (χ4n) is 2.86. The van der Waals surface area contributed by atoms with Gasteiger partial charge in [0.05, 0.1) is 32.0 Å². The maximum absolute atomic E-state index is 6.28. The predicted octanol–water partition coefficient (Wildman–Crippen LogP) is 5.92. The molecule has 0 aromatic heterocycles. The van der Waals surface area contributed by atoms with Crippen LogP contribution in [0.2, 0.25) is 10.0 Å². The number of aliphatic imine (C=N–C) groups is 1. The molecule has 0 N–H and O–H groups in total. The molecule has 3 rings (SSSR count). The van der Waals surface area contributed by atoms with E-state index in [2.05, 4.69) is 4.99 Å². The second kappa shape index (κ2) is 8.51. The Labute approximate surface area is 168 Å². The van der Waals surface area contributed by atoms with Crippen molar-refractivity contribution in [2.75, 3.05) is 21.3 Å². The van der Waals surface area contributed by atoms with E-state index in [1.807, 2.05) is 42.5 Å². The number of benzene rings is 2. The van der Waals surface area contributed by atoms with Crippen molar-refractivity contribution in [3.63, 3.8) is 0 Å². The molecule has 0 atom stereocenters. The molecule has 27 heavy (non-hydrogen) atoms. The lowest BCUT2D eigenvalue weighted by atomic mass is 10.1. The third-order valence-electron chi connectivity index (χ3n) is 4.17. The zero-order valence-corrected chi connectivity index (χ0v) is 16.8. The van der Waals surface area contributed by atoms with E-state index >= 15 is 0 Å². The molecule has 0 fully saturated rings. The molecule has 0 unspecified atom stereocenters. The van der Waals surface area contributed by atoms with E-state index in [0.29, 0.717) is 27.3 Å². The van der Waals surface area contributed by atoms with E-state index in [9.17, 15) is 0 Å². The molecule has 2 aromatic carbocycles. The van der Waals surface area contributed by atoms with Crippen molar-refractivity contribution in [3.05, 3.63) is 63.7 Å². The SMILES string of the molecule is COc1ccc(/C=C/C2=NC(c3ccc(Cl)cc3Cl)=CC2)c(OC)c1OC. The van der Waals surface area contributed by atoms with Crippen molar-refractivity contribution >= 4 is 40.7 Å². The Morgan fingerprint density at radius 2 is 1.70 bits per heavy atom. The summed E-state index contributed by atoms with van der Waals surface area (Å²) in [6.45, 7) is 0. The van der Waals surface area contributed by atoms with Gasteiger partial charge in [0.2, 0.25) is 5.75 Å². The summed E-state index contributed by atoms with van der Waals surface area (Å²) in [4.78, 5) is 4.66. The fraction of sp³-hybridized carbons (Fsp3) is 0.190. The minimum absolute atomic E-state index is 0.558. The third kappa shape index (κ3) is 4.12. The normalized spacial score (nSPS) is 13.5. The number of hydrogen-bond donors (Lipinski definition) is 0. The maximum Gasteiger partial charge on any atom is 0.203 e. The largest absolute Gasteiger partial charge is 0.493 e. The lowest BCUT2D eigenvalue weighted by Crippen LogP contribution is -1.97. The minimum Gasteiger partial charge on any atom is -0.493 e. The van der Waals surface area contributed by atoms with E-state index in [4.69, 9.17) is 37.4 Å². The van der Waals surface area contributed by atoms with Gasteiger partial charge >= 0.3 is 0 Å². The van der Waals surface area contributed by atoms with Crippen LogP contribution in [-0.4, -0.2) is 27.0 Å². The summed E-state index contributed by atoms with van der Waals surface area (Å²) >= 11 is 12.2. The Morgan fingerprint density at radius 3 is 2.37 bits per heavy atom. The highest BCUT2D eigenvalue weighted by atomic mass is 35.5. The highest BCUT2D eigenvalue weighted by Gasteiger charge is 2.15. The van der Waals surface area contributed by atoms with Crippen LogP contribution < -0.4 is 14.2 Å². The van der Waals surface area contributed by atoms with E-state index in [1.165, 1.54) is 0 Å².